The topological polar surface area (TPSA) is 29.3 Å². The van der Waals surface area contributed by atoms with E-state index < -0.39 is 0 Å². The fourth-order valence-corrected chi connectivity index (χ4v) is 1.72. The van der Waals surface area contributed by atoms with Crippen molar-refractivity contribution in [1.82, 2.24) is 4.90 Å². The van der Waals surface area contributed by atoms with Gasteiger partial charge >= 0.3 is 0 Å². The lowest BCUT2D eigenvalue weighted by Crippen LogP contribution is -2.24. The smallest absolute Gasteiger partial charge is 0.0243 e. The zero-order valence-electron chi connectivity index (χ0n) is 9.73. The molecule has 0 atom stereocenters. The number of hydrogen-bond donors (Lipinski definition) is 1. The zero-order chi connectivity index (χ0) is 11.8. The molecule has 2 heteroatoms. The first-order chi connectivity index (χ1) is 7.81. The molecular weight excluding hydrogens is 196 g/mol. The second kappa shape index (κ2) is 6.99. The van der Waals surface area contributed by atoms with E-state index in [1.54, 1.807) is 0 Å². The number of nitrogens with two attached hydrogens (primary N) is 1. The lowest BCUT2D eigenvalue weighted by Gasteiger charge is -2.20. The Morgan fingerprint density at radius 3 is 2.12 bits per heavy atom. The summed E-state index contributed by atoms with van der Waals surface area (Å²) in [5, 5.41) is 0. The molecule has 2 nitrogen and oxygen atoms in total. The van der Waals surface area contributed by atoms with Gasteiger partial charge in [0.15, 0.2) is 0 Å². The predicted molar refractivity (Wildman–Crippen MR) is 70.0 cm³/mol. The molecule has 0 saturated carbocycles. The van der Waals surface area contributed by atoms with Crippen molar-refractivity contribution < 1.29 is 0 Å². The van der Waals surface area contributed by atoms with Gasteiger partial charge in [-0.1, -0.05) is 36.4 Å². The van der Waals surface area contributed by atoms with Crippen LogP contribution in [0, 0.1) is 0 Å². The van der Waals surface area contributed by atoms with Crippen LogP contribution in [0.4, 0.5) is 0 Å². The van der Waals surface area contributed by atoms with E-state index in [2.05, 4.69) is 36.3 Å². The Labute approximate surface area is 98.1 Å². The van der Waals surface area contributed by atoms with E-state index in [4.69, 9.17) is 5.73 Å². The van der Waals surface area contributed by atoms with Crippen molar-refractivity contribution in [1.29, 1.82) is 0 Å². The molecule has 0 fully saturated rings. The highest BCUT2D eigenvalue weighted by Gasteiger charge is 2.05. The van der Waals surface area contributed by atoms with Gasteiger partial charge in [0.25, 0.3) is 0 Å². The van der Waals surface area contributed by atoms with Crippen molar-refractivity contribution in [2.45, 2.75) is 13.1 Å². The molecule has 0 unspecified atom stereocenters. The summed E-state index contributed by atoms with van der Waals surface area (Å²) in [6, 6.07) is 8.28. The largest absolute Gasteiger partial charge is 0.326 e. The molecule has 0 spiro atoms. The second-order valence-electron chi connectivity index (χ2n) is 3.74. The molecule has 0 aliphatic heterocycles. The average Bonchev–Trinajstić information content (AvgIpc) is 2.30. The summed E-state index contributed by atoms with van der Waals surface area (Å²) < 4.78 is 0. The van der Waals surface area contributed by atoms with Gasteiger partial charge in [-0.25, -0.2) is 0 Å². The molecule has 0 aliphatic rings. The summed E-state index contributed by atoms with van der Waals surface area (Å²) >= 11 is 0. The van der Waals surface area contributed by atoms with Gasteiger partial charge in [-0.15, -0.1) is 13.2 Å². The monoisotopic (exact) mass is 216 g/mol. The summed E-state index contributed by atoms with van der Waals surface area (Å²) in [4.78, 5) is 2.27. The Morgan fingerprint density at radius 1 is 1.06 bits per heavy atom. The van der Waals surface area contributed by atoms with Crippen molar-refractivity contribution >= 4 is 0 Å². The number of benzene rings is 1. The van der Waals surface area contributed by atoms with E-state index in [-0.39, 0.29) is 0 Å². The molecule has 0 saturated heterocycles. The molecule has 1 aromatic carbocycles. The fraction of sp³-hybridized carbons (Fsp3) is 0.286. The van der Waals surface area contributed by atoms with Crippen molar-refractivity contribution in [3.8, 4) is 0 Å². The van der Waals surface area contributed by atoms with Crippen LogP contribution in [0.5, 0.6) is 0 Å². The Bertz CT molecular complexity index is 334. The molecule has 1 aromatic rings. The summed E-state index contributed by atoms with van der Waals surface area (Å²) in [5.74, 6) is 0. The van der Waals surface area contributed by atoms with Crippen molar-refractivity contribution in [3.05, 3.63) is 60.7 Å². The lowest BCUT2D eigenvalue weighted by atomic mass is 10.1. The van der Waals surface area contributed by atoms with Crippen LogP contribution in [0.2, 0.25) is 0 Å². The summed E-state index contributed by atoms with van der Waals surface area (Å²) in [6.45, 7) is 10.7. The molecule has 0 aliphatic carbocycles. The maximum absolute atomic E-state index is 5.72. The van der Waals surface area contributed by atoms with Crippen LogP contribution < -0.4 is 5.73 Å². The molecule has 86 valence electrons. The van der Waals surface area contributed by atoms with E-state index in [0.717, 1.165) is 19.6 Å². The van der Waals surface area contributed by atoms with Crippen LogP contribution in [0.25, 0.3) is 0 Å². The highest BCUT2D eigenvalue weighted by molar-refractivity contribution is 5.26. The van der Waals surface area contributed by atoms with Crippen LogP contribution in [0.1, 0.15) is 11.1 Å². The quantitative estimate of drug-likeness (QED) is 0.709. The van der Waals surface area contributed by atoms with Crippen LogP contribution in [-0.4, -0.2) is 18.0 Å². The Balaban J connectivity index is 2.75. The summed E-state index contributed by atoms with van der Waals surface area (Å²) in [5.41, 5.74) is 8.21. The Hall–Kier alpha value is -1.38. The maximum atomic E-state index is 5.72. The Morgan fingerprint density at radius 2 is 1.62 bits per heavy atom. The van der Waals surface area contributed by atoms with Crippen LogP contribution in [0.3, 0.4) is 0 Å². The molecule has 0 bridgehead atoms. The average molecular weight is 216 g/mol. The number of rotatable bonds is 7. The standard InChI is InChI=1S/C14H20N2/c1-3-9-16(10-4-2)12-14-8-6-5-7-13(14)11-15/h3-8H,1-2,9-12,15H2. The third-order valence-corrected chi connectivity index (χ3v) is 2.51. The van der Waals surface area contributed by atoms with Gasteiger partial charge in [0.2, 0.25) is 0 Å². The first-order valence-corrected chi connectivity index (χ1v) is 5.52. The van der Waals surface area contributed by atoms with Crippen LogP contribution in [-0.2, 0) is 13.1 Å². The van der Waals surface area contributed by atoms with Crippen LogP contribution in [0.15, 0.2) is 49.6 Å². The van der Waals surface area contributed by atoms with Crippen molar-refractivity contribution in [3.63, 3.8) is 0 Å². The molecular formula is C14H20N2. The van der Waals surface area contributed by atoms with Crippen LogP contribution >= 0.6 is 0 Å². The lowest BCUT2D eigenvalue weighted by molar-refractivity contribution is 0.326. The maximum Gasteiger partial charge on any atom is 0.0243 e. The van der Waals surface area contributed by atoms with Gasteiger partial charge in [-0.3, -0.25) is 4.90 Å². The van der Waals surface area contributed by atoms with E-state index in [0.29, 0.717) is 6.54 Å². The van der Waals surface area contributed by atoms with Gasteiger partial charge in [-0.05, 0) is 11.1 Å². The minimum absolute atomic E-state index is 0.589. The second-order valence-corrected chi connectivity index (χ2v) is 3.74. The number of hydrogen-bond acceptors (Lipinski definition) is 2. The molecule has 16 heavy (non-hydrogen) atoms. The molecule has 2 N–H and O–H groups in total. The normalized spacial score (nSPS) is 10.4. The van der Waals surface area contributed by atoms with Crippen molar-refractivity contribution in [2.75, 3.05) is 13.1 Å². The minimum atomic E-state index is 0.589. The first-order valence-electron chi connectivity index (χ1n) is 5.52. The predicted octanol–water partition coefficient (Wildman–Crippen LogP) is 2.32. The third kappa shape index (κ3) is 3.65. The minimum Gasteiger partial charge on any atom is -0.326 e. The van der Waals surface area contributed by atoms with Gasteiger partial charge in [0.05, 0.1) is 0 Å². The molecule has 1 rings (SSSR count). The Kier molecular flexibility index (Phi) is 5.54. The van der Waals surface area contributed by atoms with E-state index in [1.165, 1.54) is 11.1 Å². The highest BCUT2D eigenvalue weighted by atomic mass is 15.1. The van der Waals surface area contributed by atoms with Crippen molar-refractivity contribution in [2.24, 2.45) is 5.73 Å². The highest BCUT2D eigenvalue weighted by Crippen LogP contribution is 2.11. The summed E-state index contributed by atoms with van der Waals surface area (Å²) in [6.07, 6.45) is 3.82. The number of nitrogens with zero attached hydrogens (tertiary/aromatic N) is 1. The first kappa shape index (κ1) is 12.7. The van der Waals surface area contributed by atoms with E-state index in [1.807, 2.05) is 18.2 Å². The molecule has 0 radical (unpaired) electrons. The van der Waals surface area contributed by atoms with E-state index >= 15 is 0 Å². The zero-order valence-corrected chi connectivity index (χ0v) is 9.73. The summed E-state index contributed by atoms with van der Waals surface area (Å²) in [7, 11) is 0. The fourth-order valence-electron chi connectivity index (χ4n) is 1.72. The SMILES string of the molecule is C=CCN(CC=C)Cc1ccccc1CN. The van der Waals surface area contributed by atoms with Gasteiger partial charge < -0.3 is 5.73 Å². The van der Waals surface area contributed by atoms with Gasteiger partial charge in [0, 0.05) is 26.2 Å². The third-order valence-electron chi connectivity index (χ3n) is 2.51. The van der Waals surface area contributed by atoms with E-state index in [9.17, 15) is 0 Å². The molecule has 0 aromatic heterocycles. The van der Waals surface area contributed by atoms with Gasteiger partial charge in [-0.2, -0.15) is 0 Å². The van der Waals surface area contributed by atoms with Gasteiger partial charge in [0.1, 0.15) is 0 Å². The molecule has 0 amide bonds. The molecule has 0 heterocycles.